The predicted octanol–water partition coefficient (Wildman–Crippen LogP) is 1.11. The van der Waals surface area contributed by atoms with Crippen LogP contribution in [0.2, 0.25) is 0 Å². The topological polar surface area (TPSA) is 50.1 Å². The fourth-order valence-electron chi connectivity index (χ4n) is 2.15. The maximum atomic E-state index is 10.2. The van der Waals surface area contributed by atoms with Gasteiger partial charge in [-0.1, -0.05) is 0 Å². The van der Waals surface area contributed by atoms with Crippen LogP contribution in [0.25, 0.3) is 0 Å². The Kier molecular flexibility index (Phi) is 3.07. The monoisotopic (exact) mass is 209 g/mol. The van der Waals surface area contributed by atoms with E-state index in [0.717, 1.165) is 25.3 Å². The average Bonchev–Trinajstić information content (AvgIpc) is 2.88. The second-order valence-corrected chi connectivity index (χ2v) is 4.48. The van der Waals surface area contributed by atoms with E-state index in [1.54, 1.807) is 6.20 Å². The third-order valence-corrected chi connectivity index (χ3v) is 3.06. The molecular formula is C11H19N3O. The van der Waals surface area contributed by atoms with E-state index < -0.39 is 6.10 Å². The van der Waals surface area contributed by atoms with E-state index in [2.05, 4.69) is 24.1 Å². The molecule has 1 aliphatic rings. The third-order valence-electron chi connectivity index (χ3n) is 3.06. The molecule has 2 atom stereocenters. The third kappa shape index (κ3) is 2.06. The van der Waals surface area contributed by atoms with E-state index in [1.165, 1.54) is 0 Å². The van der Waals surface area contributed by atoms with Crippen molar-refractivity contribution in [1.29, 1.82) is 0 Å². The Morgan fingerprint density at radius 2 is 2.40 bits per heavy atom. The Bertz CT molecular complexity index is 315. The van der Waals surface area contributed by atoms with Crippen LogP contribution in [0.3, 0.4) is 0 Å². The van der Waals surface area contributed by atoms with E-state index in [1.807, 2.05) is 10.8 Å². The van der Waals surface area contributed by atoms with Crippen LogP contribution < -0.4 is 5.32 Å². The standard InChI is InChI=1S/C11H19N3O/c1-8(2)14-6-5-13-11(14)10(15)9-3-4-12-7-9/h5-6,8-10,12,15H,3-4,7H2,1-2H3. The first kappa shape index (κ1) is 10.6. The quantitative estimate of drug-likeness (QED) is 0.784. The highest BCUT2D eigenvalue weighted by molar-refractivity contribution is 5.01. The van der Waals surface area contributed by atoms with Crippen molar-refractivity contribution in [2.45, 2.75) is 32.4 Å². The molecule has 4 nitrogen and oxygen atoms in total. The highest BCUT2D eigenvalue weighted by Crippen LogP contribution is 2.26. The summed E-state index contributed by atoms with van der Waals surface area (Å²) in [6.45, 7) is 6.10. The molecule has 1 aromatic heterocycles. The van der Waals surface area contributed by atoms with Gasteiger partial charge in [-0.25, -0.2) is 4.98 Å². The van der Waals surface area contributed by atoms with Crippen molar-refractivity contribution in [2.24, 2.45) is 5.92 Å². The first-order chi connectivity index (χ1) is 7.20. The molecule has 0 amide bonds. The molecule has 1 saturated heterocycles. The lowest BCUT2D eigenvalue weighted by molar-refractivity contribution is 0.104. The molecule has 2 heterocycles. The van der Waals surface area contributed by atoms with Gasteiger partial charge in [0.15, 0.2) is 0 Å². The minimum Gasteiger partial charge on any atom is -0.385 e. The Labute approximate surface area is 90.3 Å². The summed E-state index contributed by atoms with van der Waals surface area (Å²) in [7, 11) is 0. The van der Waals surface area contributed by atoms with E-state index in [9.17, 15) is 5.11 Å². The summed E-state index contributed by atoms with van der Waals surface area (Å²) in [5, 5.41) is 13.5. The first-order valence-corrected chi connectivity index (χ1v) is 5.61. The zero-order valence-electron chi connectivity index (χ0n) is 9.35. The van der Waals surface area contributed by atoms with Gasteiger partial charge in [-0.05, 0) is 26.8 Å². The maximum Gasteiger partial charge on any atom is 0.138 e. The summed E-state index contributed by atoms with van der Waals surface area (Å²) in [4.78, 5) is 4.27. The summed E-state index contributed by atoms with van der Waals surface area (Å²) < 4.78 is 2.04. The molecule has 4 heteroatoms. The van der Waals surface area contributed by atoms with Crippen molar-refractivity contribution in [3.8, 4) is 0 Å². The molecule has 15 heavy (non-hydrogen) atoms. The Morgan fingerprint density at radius 1 is 1.60 bits per heavy atom. The molecule has 0 spiro atoms. The SMILES string of the molecule is CC(C)n1ccnc1C(O)C1CCNC1. The van der Waals surface area contributed by atoms with Crippen LogP contribution in [-0.4, -0.2) is 27.7 Å². The second-order valence-electron chi connectivity index (χ2n) is 4.48. The normalized spacial score (nSPS) is 23.6. The largest absolute Gasteiger partial charge is 0.385 e. The van der Waals surface area contributed by atoms with Gasteiger partial charge in [0.05, 0.1) is 0 Å². The van der Waals surface area contributed by atoms with Gasteiger partial charge in [0.25, 0.3) is 0 Å². The van der Waals surface area contributed by atoms with Crippen molar-refractivity contribution < 1.29 is 5.11 Å². The van der Waals surface area contributed by atoms with Crippen LogP contribution in [-0.2, 0) is 0 Å². The number of aliphatic hydroxyl groups excluding tert-OH is 1. The van der Waals surface area contributed by atoms with Gasteiger partial charge in [-0.15, -0.1) is 0 Å². The van der Waals surface area contributed by atoms with Crippen molar-refractivity contribution >= 4 is 0 Å². The highest BCUT2D eigenvalue weighted by atomic mass is 16.3. The molecule has 0 radical (unpaired) electrons. The number of nitrogens with zero attached hydrogens (tertiary/aromatic N) is 2. The van der Waals surface area contributed by atoms with E-state index in [4.69, 9.17) is 0 Å². The van der Waals surface area contributed by atoms with Gasteiger partial charge in [-0.2, -0.15) is 0 Å². The molecule has 2 N–H and O–H groups in total. The number of aromatic nitrogens is 2. The van der Waals surface area contributed by atoms with Crippen LogP contribution in [0.1, 0.15) is 38.2 Å². The lowest BCUT2D eigenvalue weighted by atomic mass is 10.0. The van der Waals surface area contributed by atoms with E-state index >= 15 is 0 Å². The summed E-state index contributed by atoms with van der Waals surface area (Å²) in [6, 6.07) is 0.353. The summed E-state index contributed by atoms with van der Waals surface area (Å²) in [6.07, 6.45) is 4.30. The van der Waals surface area contributed by atoms with Gasteiger partial charge < -0.3 is 15.0 Å². The average molecular weight is 209 g/mol. The van der Waals surface area contributed by atoms with Gasteiger partial charge in [0.1, 0.15) is 11.9 Å². The summed E-state index contributed by atoms with van der Waals surface area (Å²) >= 11 is 0. The highest BCUT2D eigenvalue weighted by Gasteiger charge is 2.27. The second kappa shape index (κ2) is 4.33. The number of aliphatic hydroxyl groups is 1. The van der Waals surface area contributed by atoms with Gasteiger partial charge >= 0.3 is 0 Å². The smallest absolute Gasteiger partial charge is 0.138 e. The van der Waals surface area contributed by atoms with Crippen molar-refractivity contribution in [3.05, 3.63) is 18.2 Å². The van der Waals surface area contributed by atoms with Crippen LogP contribution in [0.5, 0.6) is 0 Å². The van der Waals surface area contributed by atoms with Gasteiger partial charge in [-0.3, -0.25) is 0 Å². The molecule has 1 aromatic rings. The molecular weight excluding hydrogens is 190 g/mol. The number of hydrogen-bond donors (Lipinski definition) is 2. The fraction of sp³-hybridized carbons (Fsp3) is 0.727. The maximum absolute atomic E-state index is 10.2. The summed E-state index contributed by atoms with van der Waals surface area (Å²) in [5.74, 6) is 1.11. The Balaban J connectivity index is 2.16. The predicted molar refractivity (Wildman–Crippen MR) is 58.5 cm³/mol. The Hall–Kier alpha value is -0.870. The molecule has 1 aliphatic heterocycles. The lowest BCUT2D eigenvalue weighted by Crippen LogP contribution is -2.20. The van der Waals surface area contributed by atoms with Gasteiger partial charge in [0, 0.05) is 30.9 Å². The number of nitrogens with one attached hydrogen (secondary N) is 1. The van der Waals surface area contributed by atoms with Crippen LogP contribution in [0, 0.1) is 5.92 Å². The van der Waals surface area contributed by atoms with Crippen molar-refractivity contribution in [3.63, 3.8) is 0 Å². The molecule has 0 aliphatic carbocycles. The van der Waals surface area contributed by atoms with Crippen LogP contribution in [0.15, 0.2) is 12.4 Å². The molecule has 2 rings (SSSR count). The molecule has 0 aromatic carbocycles. The zero-order chi connectivity index (χ0) is 10.8. The Morgan fingerprint density at radius 3 is 3.00 bits per heavy atom. The summed E-state index contributed by atoms with van der Waals surface area (Å²) in [5.41, 5.74) is 0. The van der Waals surface area contributed by atoms with E-state index in [0.29, 0.717) is 12.0 Å². The zero-order valence-corrected chi connectivity index (χ0v) is 9.35. The number of imidazole rings is 1. The fourth-order valence-corrected chi connectivity index (χ4v) is 2.15. The van der Waals surface area contributed by atoms with Crippen molar-refractivity contribution in [2.75, 3.05) is 13.1 Å². The molecule has 1 fully saturated rings. The number of hydrogen-bond acceptors (Lipinski definition) is 3. The minimum atomic E-state index is -0.433. The molecule has 84 valence electrons. The van der Waals surface area contributed by atoms with E-state index in [-0.39, 0.29) is 0 Å². The van der Waals surface area contributed by atoms with Crippen LogP contribution >= 0.6 is 0 Å². The van der Waals surface area contributed by atoms with Gasteiger partial charge in [0.2, 0.25) is 0 Å². The first-order valence-electron chi connectivity index (χ1n) is 5.61. The minimum absolute atomic E-state index is 0.310. The lowest BCUT2D eigenvalue weighted by Gasteiger charge is -2.20. The van der Waals surface area contributed by atoms with Crippen molar-refractivity contribution in [1.82, 2.24) is 14.9 Å². The molecule has 2 unspecified atom stereocenters. The van der Waals surface area contributed by atoms with Crippen LogP contribution in [0.4, 0.5) is 0 Å². The molecule has 0 saturated carbocycles. The molecule has 0 bridgehead atoms. The number of rotatable bonds is 3.